The first kappa shape index (κ1) is 65.5. The molecule has 0 aromatic rings. The fraction of sp³-hybridized carbons (Fsp3) is 0.984. The summed E-state index contributed by atoms with van der Waals surface area (Å²) in [4.78, 5) is 12.1. The Morgan fingerprint density at radius 3 is 0.500 bits per heavy atom. The molecule has 66 heavy (non-hydrogen) atoms. The number of unbranched alkanes of at least 4 members (excludes halogenated alkanes) is 57. The third-order valence-electron chi connectivity index (χ3n) is 15.2. The molecule has 0 rings (SSSR count). The number of ether oxygens (including phenoxy) is 1. The molecule has 0 aromatic heterocycles. The van der Waals surface area contributed by atoms with Crippen molar-refractivity contribution in [1.82, 2.24) is 0 Å². The van der Waals surface area contributed by atoms with E-state index in [4.69, 9.17) is 4.74 Å². The maximum atomic E-state index is 12.1. The second-order valence-corrected chi connectivity index (χ2v) is 22.1. The van der Waals surface area contributed by atoms with Crippen molar-refractivity contribution in [2.75, 3.05) is 6.61 Å². The van der Waals surface area contributed by atoms with Gasteiger partial charge in [0.1, 0.15) is 0 Å². The lowest BCUT2D eigenvalue weighted by molar-refractivity contribution is -0.143. The van der Waals surface area contributed by atoms with Crippen LogP contribution in [0, 0.1) is 0 Å². The van der Waals surface area contributed by atoms with Gasteiger partial charge in [0, 0.05) is 6.42 Å². The Morgan fingerprint density at radius 1 is 0.197 bits per heavy atom. The van der Waals surface area contributed by atoms with E-state index >= 15 is 0 Å². The molecule has 0 bridgehead atoms. The van der Waals surface area contributed by atoms with Gasteiger partial charge < -0.3 is 4.74 Å². The molecule has 0 heterocycles. The van der Waals surface area contributed by atoms with E-state index < -0.39 is 0 Å². The number of carbonyl (C=O) groups excluding carboxylic acids is 1. The van der Waals surface area contributed by atoms with Crippen LogP contribution >= 0.6 is 0 Å². The Balaban J connectivity index is 3.14. The summed E-state index contributed by atoms with van der Waals surface area (Å²) in [6.45, 7) is 5.25. The Kier molecular flexibility index (Phi) is 62.0. The molecule has 0 radical (unpaired) electrons. The smallest absolute Gasteiger partial charge is 0.305 e. The quantitative estimate of drug-likeness (QED) is 0.0449. The van der Waals surface area contributed by atoms with Crippen LogP contribution in [0.3, 0.4) is 0 Å². The standard InChI is InChI=1S/C64H128O2/c1-3-5-7-9-11-13-15-17-19-21-23-25-27-29-30-31-32-33-34-35-36-37-38-40-42-44-46-48-50-52-54-56-58-60-62-64(65)66-63-61-59-57-55-53-51-49-47-45-43-41-39-28-26-24-22-20-18-16-14-12-10-8-6-4-2/h3-63H2,1-2H3. The van der Waals surface area contributed by atoms with Gasteiger partial charge in [-0.25, -0.2) is 0 Å². The number of carbonyl (C=O) groups is 1. The van der Waals surface area contributed by atoms with Crippen LogP contribution in [-0.2, 0) is 9.53 Å². The topological polar surface area (TPSA) is 26.3 Å². The highest BCUT2D eigenvalue weighted by molar-refractivity contribution is 5.69. The summed E-state index contributed by atoms with van der Waals surface area (Å²) in [6.07, 6.45) is 84.7. The minimum absolute atomic E-state index is 0.0373. The van der Waals surface area contributed by atoms with Crippen LogP contribution in [0.2, 0.25) is 0 Å². The molecule has 396 valence electrons. The minimum Gasteiger partial charge on any atom is -0.466 e. The van der Waals surface area contributed by atoms with Crippen molar-refractivity contribution in [1.29, 1.82) is 0 Å². The summed E-state index contributed by atoms with van der Waals surface area (Å²) in [6, 6.07) is 0. The zero-order chi connectivity index (χ0) is 47.4. The molecule has 0 unspecified atom stereocenters. The van der Waals surface area contributed by atoms with Crippen molar-refractivity contribution in [2.24, 2.45) is 0 Å². The number of esters is 1. The summed E-state index contributed by atoms with van der Waals surface area (Å²) in [5.74, 6) is 0.0373. The van der Waals surface area contributed by atoms with Crippen molar-refractivity contribution in [2.45, 2.75) is 399 Å². The molecule has 0 aliphatic carbocycles. The Labute approximate surface area is 419 Å². The Hall–Kier alpha value is -0.530. The molecule has 0 fully saturated rings. The average molecular weight is 930 g/mol. The molecule has 0 saturated heterocycles. The van der Waals surface area contributed by atoms with Gasteiger partial charge in [-0.05, 0) is 12.8 Å². The highest BCUT2D eigenvalue weighted by Gasteiger charge is 2.04. The molecule has 0 amide bonds. The van der Waals surface area contributed by atoms with Crippen molar-refractivity contribution in [3.63, 3.8) is 0 Å². The molecule has 0 aromatic carbocycles. The minimum atomic E-state index is 0.0373. The van der Waals surface area contributed by atoms with Gasteiger partial charge in [-0.2, -0.15) is 0 Å². The van der Waals surface area contributed by atoms with Crippen LogP contribution in [0.1, 0.15) is 399 Å². The molecular formula is C64H128O2. The van der Waals surface area contributed by atoms with E-state index in [0.29, 0.717) is 13.0 Å². The van der Waals surface area contributed by atoms with Crippen LogP contribution in [0.5, 0.6) is 0 Å². The highest BCUT2D eigenvalue weighted by Crippen LogP contribution is 2.19. The molecular weight excluding hydrogens is 801 g/mol. The summed E-state index contributed by atoms with van der Waals surface area (Å²) >= 11 is 0. The predicted octanol–water partition coefficient (Wildman–Crippen LogP) is 24.0. The second-order valence-electron chi connectivity index (χ2n) is 22.1. The van der Waals surface area contributed by atoms with Gasteiger partial charge in [0.25, 0.3) is 0 Å². The SMILES string of the molecule is CCCCCCCCCCCCCCCCCCCCCCCCCCCCCCCCCCCCC(=O)OCCCCCCCCCCCCCCCCCCCCCCCCCCC. The van der Waals surface area contributed by atoms with Crippen LogP contribution in [0.25, 0.3) is 0 Å². The number of rotatable bonds is 61. The van der Waals surface area contributed by atoms with Crippen molar-refractivity contribution < 1.29 is 9.53 Å². The molecule has 0 aliphatic heterocycles. The van der Waals surface area contributed by atoms with Gasteiger partial charge >= 0.3 is 5.97 Å². The van der Waals surface area contributed by atoms with Crippen LogP contribution in [-0.4, -0.2) is 12.6 Å². The van der Waals surface area contributed by atoms with Crippen LogP contribution in [0.15, 0.2) is 0 Å². The monoisotopic (exact) mass is 929 g/mol. The van der Waals surface area contributed by atoms with Crippen LogP contribution in [0.4, 0.5) is 0 Å². The fourth-order valence-electron chi connectivity index (χ4n) is 10.5. The van der Waals surface area contributed by atoms with E-state index in [1.165, 1.54) is 366 Å². The largest absolute Gasteiger partial charge is 0.466 e. The van der Waals surface area contributed by atoms with Crippen molar-refractivity contribution >= 4 is 5.97 Å². The lowest BCUT2D eigenvalue weighted by atomic mass is 10.0. The van der Waals surface area contributed by atoms with E-state index in [9.17, 15) is 4.79 Å². The first-order valence-corrected chi connectivity index (χ1v) is 32.0. The molecule has 0 N–H and O–H groups in total. The third kappa shape index (κ3) is 61.5. The van der Waals surface area contributed by atoms with E-state index in [0.717, 1.165) is 12.8 Å². The first-order valence-electron chi connectivity index (χ1n) is 32.0. The number of hydrogen-bond donors (Lipinski definition) is 0. The lowest BCUT2D eigenvalue weighted by Crippen LogP contribution is -2.05. The van der Waals surface area contributed by atoms with E-state index in [2.05, 4.69) is 13.8 Å². The third-order valence-corrected chi connectivity index (χ3v) is 15.2. The molecule has 0 aliphatic rings. The molecule has 0 saturated carbocycles. The summed E-state index contributed by atoms with van der Waals surface area (Å²) in [5.41, 5.74) is 0. The molecule has 2 heteroatoms. The first-order chi connectivity index (χ1) is 32.8. The molecule has 0 atom stereocenters. The van der Waals surface area contributed by atoms with E-state index in [-0.39, 0.29) is 5.97 Å². The summed E-state index contributed by atoms with van der Waals surface area (Å²) in [5, 5.41) is 0. The van der Waals surface area contributed by atoms with Crippen molar-refractivity contribution in [3.05, 3.63) is 0 Å². The number of hydrogen-bond acceptors (Lipinski definition) is 2. The van der Waals surface area contributed by atoms with Gasteiger partial charge in [0.15, 0.2) is 0 Å². The van der Waals surface area contributed by atoms with E-state index in [1.54, 1.807) is 0 Å². The zero-order valence-electron chi connectivity index (χ0n) is 46.5. The maximum Gasteiger partial charge on any atom is 0.305 e. The zero-order valence-corrected chi connectivity index (χ0v) is 46.5. The van der Waals surface area contributed by atoms with Gasteiger partial charge in [-0.3, -0.25) is 4.79 Å². The predicted molar refractivity (Wildman–Crippen MR) is 299 cm³/mol. The van der Waals surface area contributed by atoms with Gasteiger partial charge in [0.2, 0.25) is 0 Å². The fourth-order valence-corrected chi connectivity index (χ4v) is 10.5. The van der Waals surface area contributed by atoms with Crippen molar-refractivity contribution in [3.8, 4) is 0 Å². The van der Waals surface area contributed by atoms with E-state index in [1.807, 2.05) is 0 Å². The van der Waals surface area contributed by atoms with Crippen LogP contribution < -0.4 is 0 Å². The average Bonchev–Trinajstić information content (AvgIpc) is 3.32. The van der Waals surface area contributed by atoms with Gasteiger partial charge in [0.05, 0.1) is 6.61 Å². The Morgan fingerprint density at radius 2 is 0.333 bits per heavy atom. The van der Waals surface area contributed by atoms with Gasteiger partial charge in [-0.15, -0.1) is 0 Å². The Bertz CT molecular complexity index is 837. The normalized spacial score (nSPS) is 11.6. The maximum absolute atomic E-state index is 12.1. The summed E-state index contributed by atoms with van der Waals surface area (Å²) < 4.78 is 5.53. The molecule has 2 nitrogen and oxygen atoms in total. The highest BCUT2D eigenvalue weighted by atomic mass is 16.5. The lowest BCUT2D eigenvalue weighted by Gasteiger charge is -2.06. The summed E-state index contributed by atoms with van der Waals surface area (Å²) in [7, 11) is 0. The van der Waals surface area contributed by atoms with Gasteiger partial charge in [-0.1, -0.05) is 380 Å². The second kappa shape index (κ2) is 62.5. The molecule has 0 spiro atoms.